The van der Waals surface area contributed by atoms with Crippen LogP contribution < -0.4 is 4.90 Å². The lowest BCUT2D eigenvalue weighted by molar-refractivity contribution is -0.127. The van der Waals surface area contributed by atoms with Crippen molar-refractivity contribution in [1.82, 2.24) is 4.90 Å². The van der Waals surface area contributed by atoms with E-state index in [1.165, 1.54) is 18.2 Å². The van der Waals surface area contributed by atoms with Crippen molar-refractivity contribution < 1.29 is 14.4 Å². The lowest BCUT2D eigenvalue weighted by atomic mass is 10.3. The topological polar surface area (TPSA) is 57.7 Å². The number of rotatable bonds is 2. The van der Waals surface area contributed by atoms with Crippen LogP contribution in [0.15, 0.2) is 18.2 Å². The molecule has 1 aromatic carbocycles. The number of anilines is 1. The SMILES string of the molecule is O=C(CBr)N1CC(=O)N(c2cc(Cl)cc(Cl)c2)C1=O. The van der Waals surface area contributed by atoms with E-state index in [0.29, 0.717) is 10.0 Å². The molecular weight excluding hydrogens is 359 g/mol. The fraction of sp³-hybridized carbons (Fsp3) is 0.182. The molecule has 0 spiro atoms. The monoisotopic (exact) mass is 364 g/mol. The van der Waals surface area contributed by atoms with E-state index in [9.17, 15) is 14.4 Å². The minimum absolute atomic E-state index is 0.0316. The van der Waals surface area contributed by atoms with E-state index >= 15 is 0 Å². The number of hydrogen-bond donors (Lipinski definition) is 0. The largest absolute Gasteiger partial charge is 0.338 e. The molecule has 0 N–H and O–H groups in total. The average Bonchev–Trinajstić information content (AvgIpc) is 2.62. The molecule has 0 saturated carbocycles. The van der Waals surface area contributed by atoms with Gasteiger partial charge in [-0.2, -0.15) is 0 Å². The molecule has 0 unspecified atom stereocenters. The number of urea groups is 1. The Kier molecular flexibility index (Phi) is 4.13. The van der Waals surface area contributed by atoms with Gasteiger partial charge in [0.15, 0.2) is 0 Å². The molecule has 0 aliphatic carbocycles. The third kappa shape index (κ3) is 2.75. The third-order valence-electron chi connectivity index (χ3n) is 2.49. The molecule has 1 saturated heterocycles. The first-order chi connectivity index (χ1) is 8.93. The molecule has 1 fully saturated rings. The van der Waals surface area contributed by atoms with Crippen LogP contribution in [0.2, 0.25) is 10.0 Å². The predicted molar refractivity (Wildman–Crippen MR) is 74.9 cm³/mol. The number of carbonyl (C=O) groups is 3. The van der Waals surface area contributed by atoms with Crippen molar-refractivity contribution in [2.24, 2.45) is 0 Å². The zero-order valence-electron chi connectivity index (χ0n) is 9.40. The summed E-state index contributed by atoms with van der Waals surface area (Å²) in [5.74, 6) is -0.980. The van der Waals surface area contributed by atoms with E-state index in [4.69, 9.17) is 23.2 Å². The van der Waals surface area contributed by atoms with Gasteiger partial charge in [-0.15, -0.1) is 0 Å². The van der Waals surface area contributed by atoms with Crippen LogP contribution in [0.3, 0.4) is 0 Å². The lowest BCUT2D eigenvalue weighted by Gasteiger charge is -2.15. The van der Waals surface area contributed by atoms with Crippen LogP contribution in [0, 0.1) is 0 Å². The molecule has 8 heteroatoms. The molecule has 0 bridgehead atoms. The Balaban J connectivity index is 2.37. The maximum absolute atomic E-state index is 12.0. The van der Waals surface area contributed by atoms with Crippen molar-refractivity contribution in [1.29, 1.82) is 0 Å². The zero-order chi connectivity index (χ0) is 14.2. The van der Waals surface area contributed by atoms with Crippen LogP contribution in [0.4, 0.5) is 10.5 Å². The lowest BCUT2D eigenvalue weighted by Crippen LogP contribution is -2.37. The highest BCUT2D eigenvalue weighted by molar-refractivity contribution is 9.09. The Labute approximate surface area is 127 Å². The minimum atomic E-state index is -0.701. The third-order valence-corrected chi connectivity index (χ3v) is 3.40. The molecule has 100 valence electrons. The van der Waals surface area contributed by atoms with Gasteiger partial charge in [-0.3, -0.25) is 14.5 Å². The van der Waals surface area contributed by atoms with Crippen LogP contribution in [0.5, 0.6) is 0 Å². The summed E-state index contributed by atoms with van der Waals surface area (Å²) in [4.78, 5) is 37.2. The second-order valence-corrected chi connectivity index (χ2v) is 5.19. The normalized spacial score (nSPS) is 15.3. The second-order valence-electron chi connectivity index (χ2n) is 3.75. The Morgan fingerprint density at radius 3 is 2.32 bits per heavy atom. The number of alkyl halides is 1. The van der Waals surface area contributed by atoms with Crippen molar-refractivity contribution in [3.05, 3.63) is 28.2 Å². The molecule has 0 aromatic heterocycles. The Bertz CT molecular complexity index is 559. The highest BCUT2D eigenvalue weighted by atomic mass is 79.9. The summed E-state index contributed by atoms with van der Waals surface area (Å²) in [5.41, 5.74) is 0.248. The van der Waals surface area contributed by atoms with Gasteiger partial charge in [0.2, 0.25) is 5.91 Å². The number of amides is 4. The molecule has 2 rings (SSSR count). The summed E-state index contributed by atoms with van der Waals surface area (Å²) in [6.45, 7) is -0.284. The van der Waals surface area contributed by atoms with E-state index in [2.05, 4.69) is 15.9 Å². The summed E-state index contributed by atoms with van der Waals surface area (Å²) in [5, 5.41) is 0.567. The number of hydrogen-bond acceptors (Lipinski definition) is 3. The van der Waals surface area contributed by atoms with Crippen molar-refractivity contribution >= 4 is 62.7 Å². The minimum Gasteiger partial charge on any atom is -0.273 e. The maximum atomic E-state index is 12.0. The van der Waals surface area contributed by atoms with Gasteiger partial charge in [0.05, 0.1) is 11.0 Å². The van der Waals surface area contributed by atoms with Gasteiger partial charge >= 0.3 is 6.03 Å². The van der Waals surface area contributed by atoms with Gasteiger partial charge in [-0.25, -0.2) is 9.69 Å². The fourth-order valence-electron chi connectivity index (χ4n) is 1.69. The van der Waals surface area contributed by atoms with Gasteiger partial charge < -0.3 is 0 Å². The molecule has 1 aromatic rings. The molecule has 4 amide bonds. The number of nitrogens with zero attached hydrogens (tertiary/aromatic N) is 2. The first-order valence-electron chi connectivity index (χ1n) is 5.13. The van der Waals surface area contributed by atoms with Crippen molar-refractivity contribution in [2.45, 2.75) is 0 Å². The Morgan fingerprint density at radius 2 is 1.79 bits per heavy atom. The summed E-state index contributed by atoms with van der Waals surface area (Å²) in [7, 11) is 0. The van der Waals surface area contributed by atoms with Gasteiger partial charge in [0.25, 0.3) is 5.91 Å². The molecule has 1 aliphatic rings. The summed E-state index contributed by atoms with van der Waals surface area (Å²) in [6.07, 6.45) is 0. The summed E-state index contributed by atoms with van der Waals surface area (Å²) in [6, 6.07) is 3.66. The zero-order valence-corrected chi connectivity index (χ0v) is 12.5. The standard InChI is InChI=1S/C11H7BrCl2N2O3/c12-4-9(17)15-5-10(18)16(11(15)19)8-2-6(13)1-7(14)3-8/h1-3H,4-5H2. The van der Waals surface area contributed by atoms with Gasteiger partial charge in [0, 0.05) is 10.0 Å². The Hall–Kier alpha value is -1.11. The van der Waals surface area contributed by atoms with E-state index in [1.807, 2.05) is 0 Å². The molecule has 1 aliphatic heterocycles. The van der Waals surface area contributed by atoms with E-state index in [0.717, 1.165) is 9.80 Å². The molecule has 5 nitrogen and oxygen atoms in total. The van der Waals surface area contributed by atoms with Crippen LogP contribution in [0.25, 0.3) is 0 Å². The van der Waals surface area contributed by atoms with E-state index in [1.54, 1.807) is 0 Å². The first kappa shape index (κ1) is 14.3. The highest BCUT2D eigenvalue weighted by Gasteiger charge is 2.40. The fourth-order valence-corrected chi connectivity index (χ4v) is 2.51. The van der Waals surface area contributed by atoms with E-state index in [-0.39, 0.29) is 17.6 Å². The molecule has 19 heavy (non-hydrogen) atoms. The van der Waals surface area contributed by atoms with Crippen molar-refractivity contribution in [2.75, 3.05) is 16.8 Å². The van der Waals surface area contributed by atoms with Crippen LogP contribution in [0.1, 0.15) is 0 Å². The van der Waals surface area contributed by atoms with Gasteiger partial charge in [-0.05, 0) is 18.2 Å². The quantitative estimate of drug-likeness (QED) is 0.598. The molecule has 0 atom stereocenters. The number of imide groups is 2. The Morgan fingerprint density at radius 1 is 1.21 bits per heavy atom. The smallest absolute Gasteiger partial charge is 0.273 e. The molecule has 1 heterocycles. The van der Waals surface area contributed by atoms with Crippen LogP contribution in [-0.2, 0) is 9.59 Å². The summed E-state index contributed by atoms with van der Waals surface area (Å²) < 4.78 is 0. The number of halogens is 3. The maximum Gasteiger partial charge on any atom is 0.338 e. The average molecular weight is 366 g/mol. The second kappa shape index (κ2) is 5.48. The predicted octanol–water partition coefficient (Wildman–Crippen LogP) is 2.68. The van der Waals surface area contributed by atoms with Crippen LogP contribution in [-0.4, -0.2) is 34.6 Å². The first-order valence-corrected chi connectivity index (χ1v) is 7.01. The van der Waals surface area contributed by atoms with Gasteiger partial charge in [0.1, 0.15) is 6.54 Å². The van der Waals surface area contributed by atoms with Crippen molar-refractivity contribution in [3.8, 4) is 0 Å². The summed E-state index contributed by atoms with van der Waals surface area (Å²) >= 11 is 14.6. The van der Waals surface area contributed by atoms with E-state index < -0.39 is 17.8 Å². The van der Waals surface area contributed by atoms with Gasteiger partial charge in [-0.1, -0.05) is 39.1 Å². The number of benzene rings is 1. The molecular formula is C11H7BrCl2N2O3. The molecule has 0 radical (unpaired) electrons. The van der Waals surface area contributed by atoms with Crippen molar-refractivity contribution in [3.63, 3.8) is 0 Å². The number of carbonyl (C=O) groups excluding carboxylic acids is 3. The highest BCUT2D eigenvalue weighted by Crippen LogP contribution is 2.28. The van der Waals surface area contributed by atoms with Crippen LogP contribution >= 0.6 is 39.1 Å².